The number of hydrogen-bond donors (Lipinski definition) is 1. The number of fused-ring (bicyclic) bond motifs is 1. The number of nitrogens with one attached hydrogen (secondary N) is 1. The molecular formula is C35H42N4O6. The second kappa shape index (κ2) is 14.5. The highest BCUT2D eigenvalue weighted by atomic mass is 16.5. The zero-order chi connectivity index (χ0) is 31.9. The first-order chi connectivity index (χ1) is 21.8. The molecule has 0 radical (unpaired) electrons. The van der Waals surface area contributed by atoms with Gasteiger partial charge in [-0.25, -0.2) is 4.98 Å². The van der Waals surface area contributed by atoms with Gasteiger partial charge in [-0.2, -0.15) is 0 Å². The number of carbonyl (C=O) groups excluding carboxylic acids is 2. The van der Waals surface area contributed by atoms with E-state index in [1.165, 1.54) is 21.3 Å². The number of methoxy groups -OCH3 is 4. The molecule has 1 atom stereocenters. The Balaban J connectivity index is 1.24. The van der Waals surface area contributed by atoms with E-state index in [-0.39, 0.29) is 23.5 Å². The fourth-order valence-corrected chi connectivity index (χ4v) is 6.10. The van der Waals surface area contributed by atoms with Gasteiger partial charge in [-0.15, -0.1) is 0 Å². The van der Waals surface area contributed by atoms with Crippen molar-refractivity contribution in [3.63, 3.8) is 0 Å². The van der Waals surface area contributed by atoms with Gasteiger partial charge in [0, 0.05) is 31.0 Å². The molecule has 2 heterocycles. The van der Waals surface area contributed by atoms with E-state index < -0.39 is 0 Å². The topological polar surface area (TPSA) is 106 Å². The highest BCUT2D eigenvalue weighted by Crippen LogP contribution is 2.38. The van der Waals surface area contributed by atoms with Crippen LogP contribution in [0, 0.1) is 5.92 Å². The summed E-state index contributed by atoms with van der Waals surface area (Å²) in [6, 6.07) is 19.1. The predicted molar refractivity (Wildman–Crippen MR) is 173 cm³/mol. The Morgan fingerprint density at radius 3 is 2.20 bits per heavy atom. The minimum absolute atomic E-state index is 0.0403. The Hall–Kier alpha value is -4.57. The van der Waals surface area contributed by atoms with Crippen LogP contribution in [-0.4, -0.2) is 93.1 Å². The number of para-hydroxylation sites is 2. The quantitative estimate of drug-likeness (QED) is 0.199. The number of aromatic amines is 1. The number of rotatable bonds is 13. The van der Waals surface area contributed by atoms with E-state index in [9.17, 15) is 9.59 Å². The maximum absolute atomic E-state index is 13.6. The summed E-state index contributed by atoms with van der Waals surface area (Å²) in [7, 11) is 8.07. The van der Waals surface area contributed by atoms with Gasteiger partial charge in [-0.3, -0.25) is 9.59 Å². The molecular weight excluding hydrogens is 572 g/mol. The van der Waals surface area contributed by atoms with Crippen molar-refractivity contribution in [3.8, 4) is 23.0 Å². The lowest BCUT2D eigenvalue weighted by Gasteiger charge is -2.33. The van der Waals surface area contributed by atoms with Crippen molar-refractivity contribution in [1.82, 2.24) is 19.8 Å². The number of likely N-dealkylation sites (tertiary alicyclic amines) is 1. The molecule has 0 aliphatic carbocycles. The average molecular weight is 615 g/mol. The number of benzene rings is 3. The van der Waals surface area contributed by atoms with Gasteiger partial charge in [-0.05, 0) is 80.9 Å². The second-order valence-electron chi connectivity index (χ2n) is 11.4. The summed E-state index contributed by atoms with van der Waals surface area (Å²) in [5, 5.41) is 0. The molecule has 3 aromatic carbocycles. The smallest absolute Gasteiger partial charge is 0.253 e. The first kappa shape index (κ1) is 31.8. The minimum atomic E-state index is -0.141. The lowest BCUT2D eigenvalue weighted by atomic mass is 9.90. The molecule has 4 aromatic rings. The molecule has 1 N–H and O–H groups in total. The maximum atomic E-state index is 13.6. The van der Waals surface area contributed by atoms with E-state index >= 15 is 0 Å². The number of nitrogens with zero attached hydrogens (tertiary/aromatic N) is 3. The largest absolute Gasteiger partial charge is 0.497 e. The van der Waals surface area contributed by atoms with E-state index in [0.29, 0.717) is 35.2 Å². The van der Waals surface area contributed by atoms with Crippen molar-refractivity contribution in [1.29, 1.82) is 0 Å². The molecule has 1 fully saturated rings. The van der Waals surface area contributed by atoms with Crippen LogP contribution < -0.4 is 18.9 Å². The van der Waals surface area contributed by atoms with Crippen LogP contribution in [0.25, 0.3) is 11.0 Å². The number of H-pyrrole nitrogens is 1. The average Bonchev–Trinajstić information content (AvgIpc) is 3.53. The zero-order valence-electron chi connectivity index (χ0n) is 26.7. The third-order valence-corrected chi connectivity index (χ3v) is 8.71. The molecule has 0 saturated carbocycles. The van der Waals surface area contributed by atoms with Crippen molar-refractivity contribution >= 4 is 22.7 Å². The van der Waals surface area contributed by atoms with Crippen molar-refractivity contribution in [3.05, 3.63) is 77.6 Å². The summed E-state index contributed by atoms with van der Waals surface area (Å²) in [6.45, 7) is 3.05. The number of Topliss-reactive ketones (excluding diaryl/α,β-unsaturated/α-hetero) is 1. The molecule has 0 spiro atoms. The van der Waals surface area contributed by atoms with E-state index in [0.717, 1.165) is 61.2 Å². The standard InChI is InChI=1S/C35H42N4O6/c1-38(35(41)26-20-30(43-3)33(45-5)31(21-26)44-4)22-25(23-10-12-27(42-2)13-11-23)16-19-39-17-14-24(15-18-39)32(40)34-36-28-8-6-7-9-29(28)37-34/h6-13,20-21,24-25H,14-19,22H2,1-5H3,(H,36,37). The van der Waals surface area contributed by atoms with Gasteiger partial charge in [-0.1, -0.05) is 24.3 Å². The van der Waals surface area contributed by atoms with Crippen LogP contribution in [0.15, 0.2) is 60.7 Å². The molecule has 5 rings (SSSR count). The monoisotopic (exact) mass is 614 g/mol. The fourth-order valence-electron chi connectivity index (χ4n) is 6.10. The molecule has 1 aromatic heterocycles. The van der Waals surface area contributed by atoms with E-state index in [1.807, 2.05) is 43.4 Å². The predicted octanol–water partition coefficient (Wildman–Crippen LogP) is 5.44. The number of imidazole rings is 1. The third kappa shape index (κ3) is 7.23. The molecule has 1 saturated heterocycles. The van der Waals surface area contributed by atoms with Crippen LogP contribution in [-0.2, 0) is 0 Å². The van der Waals surface area contributed by atoms with Crippen LogP contribution in [0.4, 0.5) is 0 Å². The third-order valence-electron chi connectivity index (χ3n) is 8.71. The van der Waals surface area contributed by atoms with Gasteiger partial charge in [0.15, 0.2) is 17.3 Å². The number of ketones is 1. The normalized spacial score (nSPS) is 14.6. The number of carbonyl (C=O) groups is 2. The first-order valence-corrected chi connectivity index (χ1v) is 15.3. The summed E-state index contributed by atoms with van der Waals surface area (Å²) in [6.07, 6.45) is 2.44. The molecule has 1 amide bonds. The van der Waals surface area contributed by atoms with E-state index in [2.05, 4.69) is 27.0 Å². The van der Waals surface area contributed by atoms with E-state index in [4.69, 9.17) is 18.9 Å². The summed E-state index contributed by atoms with van der Waals surface area (Å²) in [5.74, 6) is 2.54. The Labute approximate surface area is 264 Å². The fraction of sp³-hybridized carbons (Fsp3) is 0.400. The Morgan fingerprint density at radius 2 is 1.60 bits per heavy atom. The number of ether oxygens (including phenoxy) is 4. The lowest BCUT2D eigenvalue weighted by molar-refractivity contribution is 0.0779. The number of piperidine rings is 1. The van der Waals surface area contributed by atoms with Gasteiger partial charge in [0.05, 0.1) is 39.5 Å². The Morgan fingerprint density at radius 1 is 0.933 bits per heavy atom. The molecule has 45 heavy (non-hydrogen) atoms. The molecule has 238 valence electrons. The number of aromatic nitrogens is 2. The van der Waals surface area contributed by atoms with Crippen molar-refractivity contribution in [2.75, 3.05) is 61.7 Å². The van der Waals surface area contributed by atoms with Crippen molar-refractivity contribution in [2.45, 2.75) is 25.2 Å². The van der Waals surface area contributed by atoms with Crippen LogP contribution in [0.2, 0.25) is 0 Å². The highest BCUT2D eigenvalue weighted by molar-refractivity contribution is 5.97. The van der Waals surface area contributed by atoms with Crippen LogP contribution >= 0.6 is 0 Å². The SMILES string of the molecule is COc1ccc(C(CCN2CCC(C(=O)c3nc4ccccc4[nH]3)CC2)CN(C)C(=O)c2cc(OC)c(OC)c(OC)c2)cc1. The Bertz CT molecular complexity index is 1550. The van der Waals surface area contributed by atoms with Crippen molar-refractivity contribution < 1.29 is 28.5 Å². The van der Waals surface area contributed by atoms with Crippen LogP contribution in [0.3, 0.4) is 0 Å². The van der Waals surface area contributed by atoms with Crippen LogP contribution in [0.1, 0.15) is 51.7 Å². The first-order valence-electron chi connectivity index (χ1n) is 15.3. The number of hydrogen-bond acceptors (Lipinski definition) is 8. The van der Waals surface area contributed by atoms with Gasteiger partial charge in [0.25, 0.3) is 5.91 Å². The maximum Gasteiger partial charge on any atom is 0.253 e. The Kier molecular flexibility index (Phi) is 10.2. The van der Waals surface area contributed by atoms with Gasteiger partial charge < -0.3 is 33.7 Å². The van der Waals surface area contributed by atoms with Gasteiger partial charge in [0.2, 0.25) is 11.5 Å². The summed E-state index contributed by atoms with van der Waals surface area (Å²) >= 11 is 0. The molecule has 1 unspecified atom stereocenters. The zero-order valence-corrected chi connectivity index (χ0v) is 26.7. The van der Waals surface area contributed by atoms with Crippen LogP contribution in [0.5, 0.6) is 23.0 Å². The lowest BCUT2D eigenvalue weighted by Crippen LogP contribution is -2.38. The van der Waals surface area contributed by atoms with Gasteiger partial charge >= 0.3 is 0 Å². The summed E-state index contributed by atoms with van der Waals surface area (Å²) < 4.78 is 21.7. The minimum Gasteiger partial charge on any atom is -0.497 e. The molecule has 0 bridgehead atoms. The van der Waals surface area contributed by atoms with E-state index in [1.54, 1.807) is 24.1 Å². The molecule has 1 aliphatic rings. The van der Waals surface area contributed by atoms with Gasteiger partial charge in [0.1, 0.15) is 5.75 Å². The number of likely N-dealkylation sites (N-methyl/N-ethyl adjacent to an activating group) is 1. The summed E-state index contributed by atoms with van der Waals surface area (Å²) in [4.78, 5) is 38.7. The van der Waals surface area contributed by atoms with Crippen molar-refractivity contribution in [2.24, 2.45) is 5.92 Å². The molecule has 10 nitrogen and oxygen atoms in total. The number of amides is 1. The second-order valence-corrected chi connectivity index (χ2v) is 11.4. The highest BCUT2D eigenvalue weighted by Gasteiger charge is 2.29. The molecule has 1 aliphatic heterocycles. The summed E-state index contributed by atoms with van der Waals surface area (Å²) in [5.41, 5.74) is 3.29. The molecule has 10 heteroatoms.